The lowest BCUT2D eigenvalue weighted by Crippen LogP contribution is -2.34. The van der Waals surface area contributed by atoms with Crippen molar-refractivity contribution in [1.82, 2.24) is 0 Å². The number of methoxy groups -OCH3 is 1. The Bertz CT molecular complexity index is 1010. The molecule has 28 heavy (non-hydrogen) atoms. The molecule has 6 nitrogen and oxygen atoms in total. The second kappa shape index (κ2) is 7.54. The van der Waals surface area contributed by atoms with Gasteiger partial charge in [0.25, 0.3) is 0 Å². The number of hydrogen-bond acceptors (Lipinski definition) is 6. The highest BCUT2D eigenvalue weighted by atomic mass is 16.6. The Labute approximate surface area is 164 Å². The van der Waals surface area contributed by atoms with Gasteiger partial charge in [-0.1, -0.05) is 18.2 Å². The van der Waals surface area contributed by atoms with Gasteiger partial charge in [0.05, 0.1) is 24.3 Å². The average molecular weight is 383 g/mol. The SMILES string of the molecule is COC1=C(OC(=O)C(C)(C)C)CC(N(C)c2cc(=O)oc3ccccc23)C=C1. The van der Waals surface area contributed by atoms with E-state index in [1.807, 2.05) is 36.2 Å². The molecule has 0 N–H and O–H groups in total. The smallest absolute Gasteiger partial charge is 0.338 e. The van der Waals surface area contributed by atoms with Crippen LogP contribution in [-0.2, 0) is 14.3 Å². The number of benzene rings is 1. The van der Waals surface area contributed by atoms with E-state index < -0.39 is 11.0 Å². The molecule has 3 rings (SSSR count). The highest BCUT2D eigenvalue weighted by molar-refractivity contribution is 5.90. The molecule has 1 unspecified atom stereocenters. The van der Waals surface area contributed by atoms with Crippen molar-refractivity contribution in [3.8, 4) is 0 Å². The van der Waals surface area contributed by atoms with Crippen molar-refractivity contribution >= 4 is 22.6 Å². The van der Waals surface area contributed by atoms with E-state index in [1.54, 1.807) is 40.0 Å². The minimum absolute atomic E-state index is 0.119. The van der Waals surface area contributed by atoms with Gasteiger partial charge in [-0.05, 0) is 39.0 Å². The number of rotatable bonds is 4. The van der Waals surface area contributed by atoms with Crippen molar-refractivity contribution in [3.05, 3.63) is 64.4 Å². The van der Waals surface area contributed by atoms with E-state index >= 15 is 0 Å². The number of ether oxygens (including phenoxy) is 2. The van der Waals surface area contributed by atoms with E-state index in [0.29, 0.717) is 23.5 Å². The number of carbonyl (C=O) groups excluding carboxylic acids is 1. The summed E-state index contributed by atoms with van der Waals surface area (Å²) in [6, 6.07) is 8.76. The molecular formula is C22H25NO5. The second-order valence-electron chi connectivity index (χ2n) is 7.82. The maximum Gasteiger partial charge on any atom is 0.338 e. The van der Waals surface area contributed by atoms with Gasteiger partial charge in [0.1, 0.15) is 5.58 Å². The maximum absolute atomic E-state index is 12.4. The van der Waals surface area contributed by atoms with Crippen molar-refractivity contribution in [2.24, 2.45) is 5.41 Å². The van der Waals surface area contributed by atoms with Crippen LogP contribution in [0, 0.1) is 5.41 Å². The molecule has 0 aliphatic heterocycles. The highest BCUT2D eigenvalue weighted by Gasteiger charge is 2.29. The topological polar surface area (TPSA) is 69.0 Å². The van der Waals surface area contributed by atoms with E-state index in [4.69, 9.17) is 13.9 Å². The Balaban J connectivity index is 1.92. The molecule has 1 aromatic heterocycles. The molecule has 0 radical (unpaired) electrons. The number of fused-ring (bicyclic) bond motifs is 1. The predicted molar refractivity (Wildman–Crippen MR) is 108 cm³/mol. The van der Waals surface area contributed by atoms with Gasteiger partial charge in [0, 0.05) is 24.9 Å². The monoisotopic (exact) mass is 383 g/mol. The van der Waals surface area contributed by atoms with Crippen LogP contribution in [-0.4, -0.2) is 26.2 Å². The molecule has 1 aliphatic rings. The fraction of sp³-hybridized carbons (Fsp3) is 0.364. The number of esters is 1. The fourth-order valence-corrected chi connectivity index (χ4v) is 3.02. The average Bonchev–Trinajstić information content (AvgIpc) is 2.65. The molecule has 2 aromatic rings. The first-order chi connectivity index (χ1) is 13.2. The third-order valence-corrected chi connectivity index (χ3v) is 4.69. The van der Waals surface area contributed by atoms with Crippen molar-refractivity contribution < 1.29 is 18.7 Å². The summed E-state index contributed by atoms with van der Waals surface area (Å²) in [6.07, 6.45) is 4.20. The maximum atomic E-state index is 12.4. The predicted octanol–water partition coefficient (Wildman–Crippen LogP) is 4.01. The number of likely N-dealkylation sites (N-methyl/N-ethyl adjacent to an activating group) is 1. The van der Waals surface area contributed by atoms with Gasteiger partial charge in [-0.15, -0.1) is 0 Å². The zero-order valence-electron chi connectivity index (χ0n) is 16.8. The number of nitrogens with zero attached hydrogens (tertiary/aromatic N) is 1. The van der Waals surface area contributed by atoms with Crippen LogP contribution in [0.4, 0.5) is 5.69 Å². The van der Waals surface area contributed by atoms with Crippen LogP contribution in [0.15, 0.2) is 63.2 Å². The van der Waals surface area contributed by atoms with Gasteiger partial charge in [-0.3, -0.25) is 4.79 Å². The molecule has 0 amide bonds. The molecule has 0 saturated carbocycles. The second-order valence-corrected chi connectivity index (χ2v) is 7.82. The van der Waals surface area contributed by atoms with Gasteiger partial charge in [0.2, 0.25) is 0 Å². The van der Waals surface area contributed by atoms with E-state index in [-0.39, 0.29) is 12.0 Å². The molecule has 148 valence electrons. The summed E-state index contributed by atoms with van der Waals surface area (Å²) in [6.45, 7) is 5.42. The third kappa shape index (κ3) is 3.96. The number of hydrogen-bond donors (Lipinski definition) is 0. The minimum Gasteiger partial charge on any atom is -0.493 e. The van der Waals surface area contributed by atoms with E-state index in [0.717, 1.165) is 11.1 Å². The van der Waals surface area contributed by atoms with Gasteiger partial charge < -0.3 is 18.8 Å². The molecular weight excluding hydrogens is 358 g/mol. The normalized spacial score (nSPS) is 17.0. The fourth-order valence-electron chi connectivity index (χ4n) is 3.02. The van der Waals surface area contributed by atoms with Crippen molar-refractivity contribution in [1.29, 1.82) is 0 Å². The molecule has 0 bridgehead atoms. The molecule has 6 heteroatoms. The van der Waals surface area contributed by atoms with Crippen LogP contribution in [0.2, 0.25) is 0 Å². The Hall–Kier alpha value is -3.02. The van der Waals surface area contributed by atoms with E-state index in [9.17, 15) is 9.59 Å². The van der Waals surface area contributed by atoms with Crippen molar-refractivity contribution in [3.63, 3.8) is 0 Å². The number of anilines is 1. The van der Waals surface area contributed by atoms with Crippen LogP contribution in [0.3, 0.4) is 0 Å². The summed E-state index contributed by atoms with van der Waals surface area (Å²) in [5.74, 6) is 0.688. The van der Waals surface area contributed by atoms with Crippen LogP contribution in [0.25, 0.3) is 11.0 Å². The van der Waals surface area contributed by atoms with Gasteiger partial charge in [-0.2, -0.15) is 0 Å². The zero-order valence-corrected chi connectivity index (χ0v) is 16.8. The molecule has 0 spiro atoms. The highest BCUT2D eigenvalue weighted by Crippen LogP contribution is 2.31. The minimum atomic E-state index is -0.622. The quantitative estimate of drug-likeness (QED) is 0.587. The lowest BCUT2D eigenvalue weighted by atomic mass is 9.97. The summed E-state index contributed by atoms with van der Waals surface area (Å²) < 4.78 is 16.3. The van der Waals surface area contributed by atoms with Crippen molar-refractivity contribution in [2.75, 3.05) is 19.1 Å². The Morgan fingerprint density at radius 1 is 1.25 bits per heavy atom. The van der Waals surface area contributed by atoms with Crippen LogP contribution >= 0.6 is 0 Å². The molecule has 0 saturated heterocycles. The Kier molecular flexibility index (Phi) is 5.31. The number of carbonyl (C=O) groups is 1. The molecule has 1 aliphatic carbocycles. The van der Waals surface area contributed by atoms with Crippen LogP contribution in [0.1, 0.15) is 27.2 Å². The Morgan fingerprint density at radius 3 is 2.64 bits per heavy atom. The third-order valence-electron chi connectivity index (χ3n) is 4.69. The first-order valence-electron chi connectivity index (χ1n) is 9.14. The van der Waals surface area contributed by atoms with Crippen LogP contribution < -0.4 is 10.5 Å². The summed E-state index contributed by atoms with van der Waals surface area (Å²) in [7, 11) is 3.45. The lowest BCUT2D eigenvalue weighted by molar-refractivity contribution is -0.149. The van der Waals surface area contributed by atoms with E-state index in [1.165, 1.54) is 6.07 Å². The van der Waals surface area contributed by atoms with Gasteiger partial charge in [0.15, 0.2) is 11.5 Å². The standard InChI is InChI=1S/C22H25NO5/c1-22(2,3)21(25)28-19-12-14(10-11-18(19)26-5)23(4)16-13-20(24)27-17-9-7-6-8-15(16)17/h6-11,13-14H,12H2,1-5H3. The van der Waals surface area contributed by atoms with Crippen molar-refractivity contribution in [2.45, 2.75) is 33.2 Å². The van der Waals surface area contributed by atoms with Gasteiger partial charge in [-0.25, -0.2) is 4.79 Å². The summed E-state index contributed by atoms with van der Waals surface area (Å²) in [4.78, 5) is 26.3. The first kappa shape index (κ1) is 19.7. The molecule has 0 fully saturated rings. The largest absolute Gasteiger partial charge is 0.493 e. The number of allylic oxidation sites excluding steroid dienone is 1. The Morgan fingerprint density at radius 2 is 1.96 bits per heavy atom. The molecule has 1 atom stereocenters. The molecule has 1 aromatic carbocycles. The van der Waals surface area contributed by atoms with Gasteiger partial charge >= 0.3 is 11.6 Å². The zero-order chi connectivity index (χ0) is 20.5. The summed E-state index contributed by atoms with van der Waals surface area (Å²) >= 11 is 0. The first-order valence-corrected chi connectivity index (χ1v) is 9.14. The summed E-state index contributed by atoms with van der Waals surface area (Å²) in [5, 5.41) is 0.841. The number of para-hydroxylation sites is 1. The summed E-state index contributed by atoms with van der Waals surface area (Å²) in [5.41, 5.74) is 0.254. The van der Waals surface area contributed by atoms with E-state index in [2.05, 4.69) is 0 Å². The van der Waals surface area contributed by atoms with Crippen LogP contribution in [0.5, 0.6) is 0 Å². The molecule has 1 heterocycles. The lowest BCUT2D eigenvalue weighted by Gasteiger charge is -2.32.